The van der Waals surface area contributed by atoms with E-state index in [2.05, 4.69) is 24.1 Å². The van der Waals surface area contributed by atoms with Crippen molar-refractivity contribution in [3.05, 3.63) is 112 Å². The molecule has 50 heavy (non-hydrogen) atoms. The third-order valence-electron chi connectivity index (χ3n) is 9.14. The summed E-state index contributed by atoms with van der Waals surface area (Å²) in [4.78, 5) is 49.6. The van der Waals surface area contributed by atoms with Crippen molar-refractivity contribution in [1.29, 1.82) is 0 Å². The van der Waals surface area contributed by atoms with Gasteiger partial charge in [0.15, 0.2) is 5.69 Å². The maximum Gasteiger partial charge on any atom is 0.275 e. The van der Waals surface area contributed by atoms with E-state index in [1.54, 1.807) is 62.8 Å². The fourth-order valence-electron chi connectivity index (χ4n) is 6.38. The topological polar surface area (TPSA) is 125 Å². The summed E-state index contributed by atoms with van der Waals surface area (Å²) in [6.07, 6.45) is 7.50. The van der Waals surface area contributed by atoms with Crippen LogP contribution in [0.4, 0.5) is 5.69 Å². The molecule has 5 aromatic rings. The van der Waals surface area contributed by atoms with Crippen molar-refractivity contribution in [2.24, 2.45) is 0 Å². The first-order chi connectivity index (χ1) is 24.2. The van der Waals surface area contributed by atoms with Gasteiger partial charge in [-0.15, -0.1) is 0 Å². The number of halogens is 1. The van der Waals surface area contributed by atoms with Crippen LogP contribution in [-0.2, 0) is 13.0 Å². The SMILES string of the molecule is CCCCN(CCCC)C(=O)c1cc(C)n(-c2ccc(NC(=O)c3cn4cc(Cl)ccc4n3)cc2C(=O)N2Cc3ccccc3CC2CO)n1. The summed E-state index contributed by atoms with van der Waals surface area (Å²) in [7, 11) is 0. The number of carbonyl (C=O) groups is 3. The highest BCUT2D eigenvalue weighted by Crippen LogP contribution is 2.29. The van der Waals surface area contributed by atoms with Gasteiger partial charge in [-0.2, -0.15) is 5.10 Å². The summed E-state index contributed by atoms with van der Waals surface area (Å²) < 4.78 is 3.28. The largest absolute Gasteiger partial charge is 0.394 e. The number of pyridine rings is 1. The Hall–Kier alpha value is -5.00. The molecule has 4 heterocycles. The van der Waals surface area contributed by atoms with Gasteiger partial charge in [0, 0.05) is 43.4 Å². The lowest BCUT2D eigenvalue weighted by Crippen LogP contribution is -2.46. The van der Waals surface area contributed by atoms with Crippen LogP contribution in [0.15, 0.2) is 73.1 Å². The lowest BCUT2D eigenvalue weighted by atomic mass is 9.93. The maximum absolute atomic E-state index is 14.6. The number of anilines is 1. The van der Waals surface area contributed by atoms with Gasteiger partial charge in [-0.05, 0) is 73.7 Å². The summed E-state index contributed by atoms with van der Waals surface area (Å²) in [5, 5.41) is 18.5. The normalized spacial score (nSPS) is 14.1. The van der Waals surface area contributed by atoms with E-state index < -0.39 is 11.9 Å². The summed E-state index contributed by atoms with van der Waals surface area (Å²) in [6, 6.07) is 17.7. The van der Waals surface area contributed by atoms with E-state index >= 15 is 0 Å². The van der Waals surface area contributed by atoms with E-state index in [0.717, 1.165) is 36.8 Å². The molecule has 6 rings (SSSR count). The third kappa shape index (κ3) is 7.29. The Kier molecular flexibility index (Phi) is 10.6. The first kappa shape index (κ1) is 34.8. The molecule has 0 saturated heterocycles. The number of aromatic nitrogens is 4. The van der Waals surface area contributed by atoms with Gasteiger partial charge in [0.2, 0.25) is 0 Å². The number of nitrogens with one attached hydrogen (secondary N) is 1. The van der Waals surface area contributed by atoms with Gasteiger partial charge in [-0.1, -0.05) is 62.6 Å². The molecule has 0 saturated carbocycles. The maximum atomic E-state index is 14.6. The average molecular weight is 696 g/mol. The van der Waals surface area contributed by atoms with E-state index in [4.69, 9.17) is 16.7 Å². The second-order valence-corrected chi connectivity index (χ2v) is 13.2. The van der Waals surface area contributed by atoms with Crippen LogP contribution < -0.4 is 5.32 Å². The Morgan fingerprint density at radius 2 is 1.70 bits per heavy atom. The fraction of sp³-hybridized carbons (Fsp3) is 0.342. The van der Waals surface area contributed by atoms with E-state index in [-0.39, 0.29) is 29.7 Å². The molecule has 12 heteroatoms. The van der Waals surface area contributed by atoms with Crippen molar-refractivity contribution < 1.29 is 19.5 Å². The summed E-state index contributed by atoms with van der Waals surface area (Å²) in [6.45, 7) is 7.44. The van der Waals surface area contributed by atoms with Crippen LogP contribution in [0.3, 0.4) is 0 Å². The minimum absolute atomic E-state index is 0.146. The Bertz CT molecular complexity index is 2030. The van der Waals surface area contributed by atoms with Crippen molar-refractivity contribution in [2.75, 3.05) is 25.0 Å². The first-order valence-corrected chi connectivity index (χ1v) is 17.5. The summed E-state index contributed by atoms with van der Waals surface area (Å²) >= 11 is 6.12. The lowest BCUT2D eigenvalue weighted by Gasteiger charge is -2.36. The molecule has 0 spiro atoms. The predicted octanol–water partition coefficient (Wildman–Crippen LogP) is 6.34. The van der Waals surface area contributed by atoms with Gasteiger partial charge in [-0.25, -0.2) is 9.67 Å². The van der Waals surface area contributed by atoms with E-state index in [1.165, 1.54) is 0 Å². The molecule has 11 nitrogen and oxygen atoms in total. The fourth-order valence-corrected chi connectivity index (χ4v) is 6.55. The highest BCUT2D eigenvalue weighted by atomic mass is 35.5. The number of imidazole rings is 1. The number of rotatable bonds is 12. The molecule has 0 bridgehead atoms. The van der Waals surface area contributed by atoms with Crippen LogP contribution in [0, 0.1) is 6.92 Å². The molecule has 0 aliphatic carbocycles. The van der Waals surface area contributed by atoms with Gasteiger partial charge in [0.1, 0.15) is 11.3 Å². The number of benzene rings is 2. The Labute approximate surface area is 296 Å². The number of aliphatic hydroxyl groups excluding tert-OH is 1. The molecule has 1 aliphatic rings. The Balaban J connectivity index is 1.38. The second kappa shape index (κ2) is 15.3. The molecule has 0 fully saturated rings. The number of fused-ring (bicyclic) bond motifs is 2. The zero-order valence-electron chi connectivity index (χ0n) is 28.6. The van der Waals surface area contributed by atoms with Crippen molar-refractivity contribution in [2.45, 2.75) is 65.5 Å². The van der Waals surface area contributed by atoms with Gasteiger partial charge in [0.25, 0.3) is 17.7 Å². The number of unbranched alkanes of at least 4 members (excludes halogenated alkanes) is 2. The number of carbonyl (C=O) groups excluding carboxylic acids is 3. The van der Waals surface area contributed by atoms with Crippen LogP contribution in [0.25, 0.3) is 11.3 Å². The van der Waals surface area contributed by atoms with Crippen LogP contribution >= 0.6 is 11.6 Å². The smallest absolute Gasteiger partial charge is 0.275 e. The van der Waals surface area contributed by atoms with Gasteiger partial charge >= 0.3 is 0 Å². The zero-order valence-corrected chi connectivity index (χ0v) is 29.4. The molecule has 3 aromatic heterocycles. The number of hydrogen-bond donors (Lipinski definition) is 2. The highest BCUT2D eigenvalue weighted by Gasteiger charge is 2.32. The molecule has 260 valence electrons. The van der Waals surface area contributed by atoms with Gasteiger partial charge in [0.05, 0.1) is 28.9 Å². The first-order valence-electron chi connectivity index (χ1n) is 17.1. The molecule has 3 amide bonds. The van der Waals surface area contributed by atoms with Crippen molar-refractivity contribution >= 4 is 40.7 Å². The second-order valence-electron chi connectivity index (χ2n) is 12.7. The van der Waals surface area contributed by atoms with Gasteiger partial charge < -0.3 is 24.6 Å². The molecular weight excluding hydrogens is 654 g/mol. The third-order valence-corrected chi connectivity index (χ3v) is 9.37. The quantitative estimate of drug-likeness (QED) is 0.157. The Morgan fingerprint density at radius 1 is 0.960 bits per heavy atom. The molecule has 2 N–H and O–H groups in total. The number of amides is 3. The van der Waals surface area contributed by atoms with Crippen molar-refractivity contribution in [1.82, 2.24) is 29.0 Å². The Morgan fingerprint density at radius 3 is 2.42 bits per heavy atom. The molecule has 2 aromatic carbocycles. The number of aryl methyl sites for hydroxylation is 1. The van der Waals surface area contributed by atoms with Crippen LogP contribution in [0.2, 0.25) is 5.02 Å². The standard InChI is InChI=1S/C38H42ClN7O4/c1-4-6-16-43(17-7-5-2)38(50)32-18-25(3)46(42-32)34-14-13-29(40-36(48)33-23-44-22-28(39)12-15-35(44)41-33)20-31(34)37(49)45-21-27-11-9-8-10-26(27)19-30(45)24-47/h8-15,18,20,22-23,30,47H,4-7,16-17,19,21,24H2,1-3H3,(H,40,48). The minimum atomic E-state index is -0.460. The highest BCUT2D eigenvalue weighted by molar-refractivity contribution is 6.30. The number of aliphatic hydroxyl groups is 1. The number of nitrogens with zero attached hydrogens (tertiary/aromatic N) is 6. The van der Waals surface area contributed by atoms with Crippen molar-refractivity contribution in [3.63, 3.8) is 0 Å². The predicted molar refractivity (Wildman–Crippen MR) is 193 cm³/mol. The zero-order chi connectivity index (χ0) is 35.4. The lowest BCUT2D eigenvalue weighted by molar-refractivity contribution is 0.0544. The van der Waals surface area contributed by atoms with Crippen LogP contribution in [0.5, 0.6) is 0 Å². The average Bonchev–Trinajstić information content (AvgIpc) is 3.73. The monoisotopic (exact) mass is 695 g/mol. The minimum Gasteiger partial charge on any atom is -0.394 e. The molecule has 1 unspecified atom stereocenters. The van der Waals surface area contributed by atoms with E-state index in [0.29, 0.717) is 59.5 Å². The molecule has 0 radical (unpaired) electrons. The van der Waals surface area contributed by atoms with Crippen LogP contribution in [-0.4, -0.2) is 77.5 Å². The van der Waals surface area contributed by atoms with E-state index in [1.807, 2.05) is 36.1 Å². The van der Waals surface area contributed by atoms with Gasteiger partial charge in [-0.3, -0.25) is 14.4 Å². The van der Waals surface area contributed by atoms with Crippen LogP contribution in [0.1, 0.15) is 87.7 Å². The number of hydrogen-bond acceptors (Lipinski definition) is 6. The molecule has 1 atom stereocenters. The summed E-state index contributed by atoms with van der Waals surface area (Å²) in [5.74, 6) is -0.937. The van der Waals surface area contributed by atoms with E-state index in [9.17, 15) is 19.5 Å². The summed E-state index contributed by atoms with van der Waals surface area (Å²) in [5.41, 5.74) is 4.92. The molecular formula is C38H42ClN7O4. The van der Waals surface area contributed by atoms with Crippen molar-refractivity contribution in [3.8, 4) is 5.69 Å². The molecule has 1 aliphatic heterocycles.